The molecule has 0 unspecified atom stereocenters. The summed E-state index contributed by atoms with van der Waals surface area (Å²) in [5.74, 6) is -0.436. The number of aliphatic carboxylic acids is 1. The van der Waals surface area contributed by atoms with Gasteiger partial charge in [0.25, 0.3) is 0 Å². The Morgan fingerprint density at radius 3 is 2.29 bits per heavy atom. The molecule has 0 radical (unpaired) electrons. The van der Waals surface area contributed by atoms with Crippen LogP contribution >= 0.6 is 0 Å². The van der Waals surface area contributed by atoms with Crippen molar-refractivity contribution in [2.75, 3.05) is 18.0 Å². The smallest absolute Gasteiger partial charge is 0.347 e. The van der Waals surface area contributed by atoms with Crippen LogP contribution in [0.2, 0.25) is 0 Å². The third-order valence-electron chi connectivity index (χ3n) is 4.93. The molecule has 1 heterocycles. The molecule has 1 fully saturated rings. The molecule has 2 aromatic carbocycles. The van der Waals surface area contributed by atoms with Gasteiger partial charge in [-0.25, -0.2) is 9.59 Å². The molecule has 6 nitrogen and oxygen atoms in total. The molecule has 1 aliphatic rings. The molecule has 2 amide bonds. The Morgan fingerprint density at radius 2 is 1.71 bits per heavy atom. The van der Waals surface area contributed by atoms with Crippen LogP contribution in [-0.2, 0) is 11.3 Å². The van der Waals surface area contributed by atoms with Gasteiger partial charge in [0.2, 0.25) is 0 Å². The molecule has 148 valence electrons. The highest BCUT2D eigenvalue weighted by Crippen LogP contribution is 2.30. The fraction of sp³-hybridized carbons (Fsp3) is 0.364. The van der Waals surface area contributed by atoms with Gasteiger partial charge in [-0.05, 0) is 56.5 Å². The van der Waals surface area contributed by atoms with Crippen LogP contribution in [0.1, 0.15) is 30.5 Å². The normalized spacial score (nSPS) is 14.5. The van der Waals surface area contributed by atoms with E-state index < -0.39 is 11.6 Å². The number of nitrogens with zero attached hydrogens (tertiary/aromatic N) is 2. The molecule has 28 heavy (non-hydrogen) atoms. The van der Waals surface area contributed by atoms with Gasteiger partial charge in [0, 0.05) is 25.3 Å². The summed E-state index contributed by atoms with van der Waals surface area (Å²) in [6.45, 7) is 8.68. The summed E-state index contributed by atoms with van der Waals surface area (Å²) >= 11 is 0. The molecule has 0 saturated carbocycles. The van der Waals surface area contributed by atoms with Gasteiger partial charge < -0.3 is 14.7 Å². The maximum atomic E-state index is 12.8. The van der Waals surface area contributed by atoms with Crippen molar-refractivity contribution in [3.05, 3.63) is 59.2 Å². The maximum Gasteiger partial charge on any atom is 0.347 e. The number of carboxylic acids is 1. The van der Waals surface area contributed by atoms with Crippen LogP contribution in [0.15, 0.2) is 42.5 Å². The van der Waals surface area contributed by atoms with Crippen molar-refractivity contribution < 1.29 is 19.4 Å². The second kappa shape index (κ2) is 7.54. The Bertz CT molecular complexity index is 870. The standard InChI is InChI=1S/C22H26N2O4/c1-15-12-17(13-16(2)19(15)28-22(3,4)20(25)26)14-23-10-11-24(21(23)27)18-8-6-5-7-9-18/h5-9,12-13H,10-11,14H2,1-4H3,(H,25,26). The second-order valence-electron chi connectivity index (χ2n) is 7.67. The molecular weight excluding hydrogens is 356 g/mol. The van der Waals surface area contributed by atoms with E-state index >= 15 is 0 Å². The van der Waals surface area contributed by atoms with Crippen LogP contribution in [0.4, 0.5) is 10.5 Å². The van der Waals surface area contributed by atoms with E-state index in [0.29, 0.717) is 25.4 Å². The van der Waals surface area contributed by atoms with Crippen molar-refractivity contribution in [2.45, 2.75) is 39.8 Å². The van der Waals surface area contributed by atoms with E-state index in [2.05, 4.69) is 0 Å². The maximum absolute atomic E-state index is 12.8. The quantitative estimate of drug-likeness (QED) is 0.820. The average Bonchev–Trinajstić information content (AvgIpc) is 2.99. The van der Waals surface area contributed by atoms with Crippen molar-refractivity contribution in [3.8, 4) is 5.75 Å². The first-order chi connectivity index (χ1) is 13.2. The van der Waals surface area contributed by atoms with Crippen molar-refractivity contribution >= 4 is 17.7 Å². The number of carboxylic acid groups (broad SMARTS) is 1. The van der Waals surface area contributed by atoms with Crippen molar-refractivity contribution in [2.24, 2.45) is 0 Å². The van der Waals surface area contributed by atoms with Crippen LogP contribution in [-0.4, -0.2) is 40.7 Å². The van der Waals surface area contributed by atoms with Crippen LogP contribution in [0.3, 0.4) is 0 Å². The second-order valence-corrected chi connectivity index (χ2v) is 7.67. The molecule has 0 aliphatic carbocycles. The molecular formula is C22H26N2O4. The van der Waals surface area contributed by atoms with E-state index in [4.69, 9.17) is 4.74 Å². The van der Waals surface area contributed by atoms with E-state index in [-0.39, 0.29) is 6.03 Å². The summed E-state index contributed by atoms with van der Waals surface area (Å²) in [4.78, 5) is 27.7. The lowest BCUT2D eigenvalue weighted by Gasteiger charge is -2.25. The van der Waals surface area contributed by atoms with Gasteiger partial charge in [0.1, 0.15) is 5.75 Å². The molecule has 1 saturated heterocycles. The predicted octanol–water partition coefficient (Wildman–Crippen LogP) is 3.99. The first-order valence-electron chi connectivity index (χ1n) is 9.33. The zero-order valence-electron chi connectivity index (χ0n) is 16.7. The minimum atomic E-state index is -1.31. The molecule has 2 aromatic rings. The summed E-state index contributed by atoms with van der Waals surface area (Å²) in [5.41, 5.74) is 2.31. The number of anilines is 1. The number of hydrogen-bond acceptors (Lipinski definition) is 3. The molecule has 1 aliphatic heterocycles. The monoisotopic (exact) mass is 382 g/mol. The minimum absolute atomic E-state index is 0.00570. The van der Waals surface area contributed by atoms with Crippen molar-refractivity contribution in [1.29, 1.82) is 0 Å². The number of amides is 2. The van der Waals surface area contributed by atoms with Crippen LogP contribution in [0.5, 0.6) is 5.75 Å². The van der Waals surface area contributed by atoms with Crippen molar-refractivity contribution in [1.82, 2.24) is 4.90 Å². The highest BCUT2D eigenvalue weighted by molar-refractivity contribution is 5.94. The molecule has 3 rings (SSSR count). The van der Waals surface area contributed by atoms with Gasteiger partial charge in [0.15, 0.2) is 5.60 Å². The van der Waals surface area contributed by atoms with Gasteiger partial charge in [-0.3, -0.25) is 4.90 Å². The fourth-order valence-electron chi connectivity index (χ4n) is 3.39. The van der Waals surface area contributed by atoms with E-state index in [1.54, 1.807) is 4.90 Å². The molecule has 1 N–H and O–H groups in total. The van der Waals surface area contributed by atoms with E-state index in [0.717, 1.165) is 22.4 Å². The number of ether oxygens (including phenoxy) is 1. The lowest BCUT2D eigenvalue weighted by atomic mass is 10.0. The minimum Gasteiger partial charge on any atom is -0.478 e. The first kappa shape index (κ1) is 19.7. The number of aryl methyl sites for hydroxylation is 2. The molecule has 0 bridgehead atoms. The summed E-state index contributed by atoms with van der Waals surface area (Å²) in [6, 6.07) is 13.6. The third kappa shape index (κ3) is 3.96. The van der Waals surface area contributed by atoms with Crippen LogP contribution in [0, 0.1) is 13.8 Å². The van der Waals surface area contributed by atoms with Gasteiger partial charge >= 0.3 is 12.0 Å². The van der Waals surface area contributed by atoms with E-state index in [1.165, 1.54) is 13.8 Å². The summed E-state index contributed by atoms with van der Waals surface area (Å²) in [6.07, 6.45) is 0. The van der Waals surface area contributed by atoms with Crippen molar-refractivity contribution in [3.63, 3.8) is 0 Å². The van der Waals surface area contributed by atoms with E-state index in [9.17, 15) is 14.7 Å². The summed E-state index contributed by atoms with van der Waals surface area (Å²) < 4.78 is 5.76. The zero-order chi connectivity index (χ0) is 20.5. The van der Waals surface area contributed by atoms with Gasteiger partial charge in [-0.1, -0.05) is 30.3 Å². The average molecular weight is 382 g/mol. The molecule has 0 aromatic heterocycles. The predicted molar refractivity (Wildman–Crippen MR) is 108 cm³/mol. The third-order valence-corrected chi connectivity index (χ3v) is 4.93. The Morgan fingerprint density at radius 1 is 1.11 bits per heavy atom. The fourth-order valence-corrected chi connectivity index (χ4v) is 3.39. The number of carbonyl (C=O) groups excluding carboxylic acids is 1. The SMILES string of the molecule is Cc1cc(CN2CCN(c3ccccc3)C2=O)cc(C)c1OC(C)(C)C(=O)O. The summed E-state index contributed by atoms with van der Waals surface area (Å²) in [5, 5.41) is 9.30. The number of para-hydroxylation sites is 1. The Hall–Kier alpha value is -3.02. The van der Waals surface area contributed by atoms with Crippen LogP contribution in [0.25, 0.3) is 0 Å². The van der Waals surface area contributed by atoms with Gasteiger partial charge in [-0.2, -0.15) is 0 Å². The van der Waals surface area contributed by atoms with Crippen LogP contribution < -0.4 is 9.64 Å². The largest absolute Gasteiger partial charge is 0.478 e. The summed E-state index contributed by atoms with van der Waals surface area (Å²) in [7, 11) is 0. The number of hydrogen-bond donors (Lipinski definition) is 1. The number of benzene rings is 2. The Kier molecular flexibility index (Phi) is 5.31. The molecule has 0 spiro atoms. The molecule has 6 heteroatoms. The highest BCUT2D eigenvalue weighted by Gasteiger charge is 2.32. The Balaban J connectivity index is 1.75. The van der Waals surface area contributed by atoms with Gasteiger partial charge in [0.05, 0.1) is 0 Å². The molecule has 0 atom stereocenters. The van der Waals surface area contributed by atoms with Gasteiger partial charge in [-0.15, -0.1) is 0 Å². The first-order valence-corrected chi connectivity index (χ1v) is 9.33. The highest BCUT2D eigenvalue weighted by atomic mass is 16.5. The number of carbonyl (C=O) groups is 2. The lowest BCUT2D eigenvalue weighted by molar-refractivity contribution is -0.152. The zero-order valence-corrected chi connectivity index (χ0v) is 16.7. The van der Waals surface area contributed by atoms with E-state index in [1.807, 2.05) is 61.2 Å². The number of rotatable bonds is 6. The topological polar surface area (TPSA) is 70.1 Å². The Labute approximate surface area is 165 Å². The number of urea groups is 1. The lowest BCUT2D eigenvalue weighted by Crippen LogP contribution is -2.38.